The third-order valence-electron chi connectivity index (χ3n) is 10.6. The lowest BCUT2D eigenvalue weighted by molar-refractivity contribution is -0.147. The predicted molar refractivity (Wildman–Crippen MR) is 231 cm³/mol. The van der Waals surface area contributed by atoms with Crippen LogP contribution in [0.5, 0.6) is 0 Å². The van der Waals surface area contributed by atoms with Crippen molar-refractivity contribution in [1.29, 1.82) is 0 Å². The summed E-state index contributed by atoms with van der Waals surface area (Å²) in [6.07, 6.45) is 40.2. The molecule has 3 atom stereocenters. The average Bonchev–Trinajstić information content (AvgIpc) is 3.18. The second-order valence-electron chi connectivity index (χ2n) is 16.3. The highest BCUT2D eigenvalue weighted by Crippen LogP contribution is 2.43. The van der Waals surface area contributed by atoms with E-state index in [1.54, 1.807) is 0 Å². The SMILES string of the molecule is CCCCCCCCCCCCCCCCCCCCCCCCCCC(=O)OCC(O)COP(=O)(O)OCC(NC(=O)CCCCCCCCCCC)C(=O)O. The molecule has 0 rings (SSSR count). The summed E-state index contributed by atoms with van der Waals surface area (Å²) in [6.45, 7) is 2.59. The molecule has 11 nitrogen and oxygen atoms in total. The van der Waals surface area contributed by atoms with Gasteiger partial charge in [0, 0.05) is 12.8 Å². The Morgan fingerprint density at radius 3 is 1.16 bits per heavy atom. The quantitative estimate of drug-likeness (QED) is 0.0263. The third-order valence-corrected chi connectivity index (χ3v) is 11.6. The molecule has 0 spiro atoms. The van der Waals surface area contributed by atoms with Crippen molar-refractivity contribution in [3.63, 3.8) is 0 Å². The molecular weight excluding hydrogens is 745 g/mol. The molecule has 0 aliphatic carbocycles. The fourth-order valence-electron chi connectivity index (χ4n) is 6.96. The van der Waals surface area contributed by atoms with Crippen molar-refractivity contribution in [1.82, 2.24) is 5.32 Å². The molecule has 57 heavy (non-hydrogen) atoms. The smallest absolute Gasteiger partial charge is 0.472 e. The maximum atomic E-state index is 12.2. The van der Waals surface area contributed by atoms with Crippen molar-refractivity contribution < 1.29 is 47.8 Å². The fourth-order valence-corrected chi connectivity index (χ4v) is 7.74. The van der Waals surface area contributed by atoms with E-state index in [0.717, 1.165) is 38.5 Å². The number of amides is 1. The molecule has 0 saturated carbocycles. The zero-order valence-corrected chi connectivity index (χ0v) is 37.6. The molecular formula is C45H88NO10P. The Balaban J connectivity index is 3.71. The van der Waals surface area contributed by atoms with Gasteiger partial charge >= 0.3 is 19.8 Å². The monoisotopic (exact) mass is 834 g/mol. The summed E-state index contributed by atoms with van der Waals surface area (Å²) in [5.74, 6) is -2.36. The van der Waals surface area contributed by atoms with Gasteiger partial charge in [-0.1, -0.05) is 213 Å². The third kappa shape index (κ3) is 41.0. The van der Waals surface area contributed by atoms with Gasteiger partial charge in [0.25, 0.3) is 0 Å². The fraction of sp³-hybridized carbons (Fsp3) is 0.933. The number of carbonyl (C=O) groups is 3. The van der Waals surface area contributed by atoms with E-state index in [-0.39, 0.29) is 12.8 Å². The molecule has 0 bridgehead atoms. The van der Waals surface area contributed by atoms with Gasteiger partial charge in [-0.05, 0) is 12.8 Å². The Labute approximate surface area is 348 Å². The van der Waals surface area contributed by atoms with Gasteiger partial charge in [0.15, 0.2) is 6.04 Å². The lowest BCUT2D eigenvalue weighted by Crippen LogP contribution is -2.43. The number of aliphatic carboxylic acids is 1. The highest BCUT2D eigenvalue weighted by molar-refractivity contribution is 7.47. The van der Waals surface area contributed by atoms with Crippen LogP contribution in [0.1, 0.15) is 239 Å². The normalized spacial score (nSPS) is 13.6. The molecule has 0 aliphatic rings. The van der Waals surface area contributed by atoms with E-state index >= 15 is 0 Å². The van der Waals surface area contributed by atoms with Gasteiger partial charge < -0.3 is 25.2 Å². The van der Waals surface area contributed by atoms with E-state index in [2.05, 4.69) is 19.2 Å². The van der Waals surface area contributed by atoms with Crippen LogP contribution >= 0.6 is 7.82 Å². The number of aliphatic hydroxyl groups is 1. The number of hydrogen-bond acceptors (Lipinski definition) is 8. The van der Waals surface area contributed by atoms with Crippen LogP contribution in [-0.4, -0.2) is 64.9 Å². The van der Waals surface area contributed by atoms with Crippen molar-refractivity contribution in [2.75, 3.05) is 19.8 Å². The number of phosphoric acid groups is 1. The van der Waals surface area contributed by atoms with Crippen LogP contribution in [0.2, 0.25) is 0 Å². The first-order valence-corrected chi connectivity index (χ1v) is 25.1. The number of phosphoric ester groups is 1. The molecule has 0 heterocycles. The molecule has 0 radical (unpaired) electrons. The van der Waals surface area contributed by atoms with Gasteiger partial charge in [0.2, 0.25) is 5.91 Å². The molecule has 0 aliphatic heterocycles. The number of esters is 1. The molecule has 3 unspecified atom stereocenters. The first-order chi connectivity index (χ1) is 27.6. The number of aliphatic hydroxyl groups excluding tert-OH is 1. The molecule has 12 heteroatoms. The van der Waals surface area contributed by atoms with E-state index in [1.165, 1.54) is 161 Å². The number of ether oxygens (including phenoxy) is 1. The van der Waals surface area contributed by atoms with Crippen LogP contribution in [0.3, 0.4) is 0 Å². The Morgan fingerprint density at radius 2 is 0.807 bits per heavy atom. The van der Waals surface area contributed by atoms with Crippen molar-refractivity contribution in [2.45, 2.75) is 251 Å². The second kappa shape index (κ2) is 41.2. The van der Waals surface area contributed by atoms with Crippen LogP contribution in [0.15, 0.2) is 0 Å². The summed E-state index contributed by atoms with van der Waals surface area (Å²) < 4.78 is 26.8. The highest BCUT2D eigenvalue weighted by atomic mass is 31.2. The Hall–Kier alpha value is -1.52. The average molecular weight is 834 g/mol. The Bertz CT molecular complexity index is 984. The largest absolute Gasteiger partial charge is 0.480 e. The summed E-state index contributed by atoms with van der Waals surface area (Å²) in [5.41, 5.74) is 0. The summed E-state index contributed by atoms with van der Waals surface area (Å²) >= 11 is 0. The van der Waals surface area contributed by atoms with E-state index < -0.39 is 57.6 Å². The van der Waals surface area contributed by atoms with Crippen LogP contribution in [0.25, 0.3) is 0 Å². The van der Waals surface area contributed by atoms with Crippen LogP contribution in [0, 0.1) is 0 Å². The van der Waals surface area contributed by atoms with Gasteiger partial charge in [0.1, 0.15) is 12.7 Å². The number of carboxylic acids is 1. The molecule has 0 aromatic rings. The van der Waals surface area contributed by atoms with Crippen LogP contribution < -0.4 is 5.32 Å². The van der Waals surface area contributed by atoms with E-state index in [1.807, 2.05) is 0 Å². The number of rotatable bonds is 45. The summed E-state index contributed by atoms with van der Waals surface area (Å²) in [6, 6.07) is -1.54. The summed E-state index contributed by atoms with van der Waals surface area (Å²) in [4.78, 5) is 45.8. The van der Waals surface area contributed by atoms with E-state index in [4.69, 9.17) is 13.8 Å². The van der Waals surface area contributed by atoms with Gasteiger partial charge in [-0.15, -0.1) is 0 Å². The zero-order valence-electron chi connectivity index (χ0n) is 36.7. The molecule has 338 valence electrons. The van der Waals surface area contributed by atoms with Crippen molar-refractivity contribution in [3.8, 4) is 0 Å². The minimum Gasteiger partial charge on any atom is -0.480 e. The number of nitrogens with one attached hydrogen (secondary N) is 1. The van der Waals surface area contributed by atoms with Gasteiger partial charge in [-0.25, -0.2) is 9.36 Å². The molecule has 1 amide bonds. The first kappa shape index (κ1) is 55.5. The molecule has 0 aromatic carbocycles. The Morgan fingerprint density at radius 1 is 0.491 bits per heavy atom. The summed E-state index contributed by atoms with van der Waals surface area (Å²) in [7, 11) is -4.74. The lowest BCUT2D eigenvalue weighted by atomic mass is 10.0. The number of carboxylic acid groups (broad SMARTS) is 1. The van der Waals surface area contributed by atoms with Gasteiger partial charge in [-0.3, -0.25) is 18.6 Å². The van der Waals surface area contributed by atoms with Crippen LogP contribution in [-0.2, 0) is 32.7 Å². The van der Waals surface area contributed by atoms with Crippen molar-refractivity contribution in [2.24, 2.45) is 0 Å². The number of carbonyl (C=O) groups excluding carboxylic acids is 2. The highest BCUT2D eigenvalue weighted by Gasteiger charge is 2.28. The Kier molecular flexibility index (Phi) is 40.1. The van der Waals surface area contributed by atoms with Gasteiger partial charge in [0.05, 0.1) is 13.2 Å². The topological polar surface area (TPSA) is 169 Å². The minimum atomic E-state index is -4.74. The zero-order chi connectivity index (χ0) is 42.1. The number of unbranched alkanes of at least 4 members (excludes halogenated alkanes) is 31. The van der Waals surface area contributed by atoms with Crippen molar-refractivity contribution in [3.05, 3.63) is 0 Å². The minimum absolute atomic E-state index is 0.150. The molecule has 0 saturated heterocycles. The first-order valence-electron chi connectivity index (χ1n) is 23.6. The number of hydrogen-bond donors (Lipinski definition) is 4. The maximum Gasteiger partial charge on any atom is 0.472 e. The van der Waals surface area contributed by atoms with Gasteiger partial charge in [-0.2, -0.15) is 0 Å². The molecule has 0 fully saturated rings. The maximum absolute atomic E-state index is 12.2. The second-order valence-corrected chi connectivity index (χ2v) is 17.8. The molecule has 0 aromatic heterocycles. The standard InChI is InChI=1S/C45H88NO10P/c1-3-5-7-9-11-13-14-15-16-17-18-19-20-21-22-23-24-25-26-27-29-31-33-35-37-44(49)54-38-41(47)39-55-57(52,53)56-40-42(45(50)51)46-43(48)36-34-32-30-28-12-10-8-6-4-2/h41-42,47H,3-40H2,1-2H3,(H,46,48)(H,50,51)(H,52,53). The van der Waals surface area contributed by atoms with E-state index in [9.17, 15) is 34.1 Å². The molecule has 4 N–H and O–H groups in total. The van der Waals surface area contributed by atoms with E-state index in [0.29, 0.717) is 12.8 Å². The lowest BCUT2D eigenvalue weighted by Gasteiger charge is -2.18. The summed E-state index contributed by atoms with van der Waals surface area (Å²) in [5, 5.41) is 21.8. The van der Waals surface area contributed by atoms with Crippen molar-refractivity contribution >= 4 is 25.7 Å². The van der Waals surface area contributed by atoms with Crippen LogP contribution in [0.4, 0.5) is 0 Å². The predicted octanol–water partition coefficient (Wildman–Crippen LogP) is 12.3.